The number of hydrogen-bond donors (Lipinski definition) is 1. The molecule has 8 heteroatoms. The second kappa shape index (κ2) is 13.3. The van der Waals surface area contributed by atoms with Gasteiger partial charge in [0.25, 0.3) is 0 Å². The molecule has 0 fully saturated rings. The van der Waals surface area contributed by atoms with E-state index in [-0.39, 0.29) is 30.2 Å². The van der Waals surface area contributed by atoms with E-state index in [0.29, 0.717) is 32.8 Å². The SMILES string of the molecule is CCC(C)NC(=O)C(CC)N(Cc1c(Cl)cccc1Cl)C(=O)CSCc1ccc(Cl)cc1. The van der Waals surface area contributed by atoms with Gasteiger partial charge in [0, 0.05) is 39.0 Å². The summed E-state index contributed by atoms with van der Waals surface area (Å²) < 4.78 is 0. The lowest BCUT2D eigenvalue weighted by molar-refractivity contribution is -0.139. The molecular formula is C24H29Cl3N2O2S. The van der Waals surface area contributed by atoms with E-state index in [1.807, 2.05) is 45.0 Å². The average molecular weight is 516 g/mol. The number of hydrogen-bond acceptors (Lipinski definition) is 3. The van der Waals surface area contributed by atoms with Crippen LogP contribution in [0.15, 0.2) is 42.5 Å². The maximum absolute atomic E-state index is 13.3. The second-order valence-corrected chi connectivity index (χ2v) is 9.82. The van der Waals surface area contributed by atoms with Crippen LogP contribution in [0, 0.1) is 0 Å². The number of carbonyl (C=O) groups excluding carboxylic acids is 2. The number of amides is 2. The van der Waals surface area contributed by atoms with Crippen molar-refractivity contribution in [1.29, 1.82) is 0 Å². The number of rotatable bonds is 11. The Morgan fingerprint density at radius 3 is 2.19 bits per heavy atom. The van der Waals surface area contributed by atoms with E-state index in [2.05, 4.69) is 5.32 Å². The fraction of sp³-hybridized carbons (Fsp3) is 0.417. The topological polar surface area (TPSA) is 49.4 Å². The molecule has 1 N–H and O–H groups in total. The summed E-state index contributed by atoms with van der Waals surface area (Å²) >= 11 is 20.2. The zero-order chi connectivity index (χ0) is 23.7. The van der Waals surface area contributed by atoms with Gasteiger partial charge in [-0.15, -0.1) is 11.8 Å². The lowest BCUT2D eigenvalue weighted by Gasteiger charge is -2.32. The molecule has 0 saturated carbocycles. The normalized spacial score (nSPS) is 12.8. The third-order valence-corrected chi connectivity index (χ3v) is 7.13. The Morgan fingerprint density at radius 1 is 1.00 bits per heavy atom. The Balaban J connectivity index is 2.20. The molecule has 0 bridgehead atoms. The molecule has 174 valence electrons. The number of carbonyl (C=O) groups is 2. The molecule has 0 radical (unpaired) electrons. The first-order valence-corrected chi connectivity index (χ1v) is 12.9. The lowest BCUT2D eigenvalue weighted by atomic mass is 10.1. The highest BCUT2D eigenvalue weighted by molar-refractivity contribution is 7.99. The van der Waals surface area contributed by atoms with E-state index in [4.69, 9.17) is 34.8 Å². The first-order chi connectivity index (χ1) is 15.3. The third-order valence-electron chi connectivity index (χ3n) is 5.18. The summed E-state index contributed by atoms with van der Waals surface area (Å²) in [6.07, 6.45) is 1.29. The molecule has 0 aliphatic rings. The van der Waals surface area contributed by atoms with Crippen molar-refractivity contribution in [3.8, 4) is 0 Å². The first kappa shape index (κ1) is 26.8. The van der Waals surface area contributed by atoms with Gasteiger partial charge in [-0.3, -0.25) is 9.59 Å². The van der Waals surface area contributed by atoms with Gasteiger partial charge in [0.05, 0.1) is 5.75 Å². The van der Waals surface area contributed by atoms with Gasteiger partial charge in [-0.05, 0) is 49.6 Å². The molecule has 0 heterocycles. The molecular weight excluding hydrogens is 487 g/mol. The first-order valence-electron chi connectivity index (χ1n) is 10.6. The molecule has 0 aliphatic heterocycles. The van der Waals surface area contributed by atoms with E-state index in [0.717, 1.165) is 12.0 Å². The molecule has 0 saturated heterocycles. The summed E-state index contributed by atoms with van der Waals surface area (Å²) in [5.41, 5.74) is 1.72. The van der Waals surface area contributed by atoms with E-state index < -0.39 is 6.04 Å². The van der Waals surface area contributed by atoms with Crippen LogP contribution in [0.4, 0.5) is 0 Å². The van der Waals surface area contributed by atoms with Crippen molar-refractivity contribution in [2.24, 2.45) is 0 Å². The Labute approximate surface area is 210 Å². The fourth-order valence-corrected chi connectivity index (χ4v) is 4.65. The molecule has 2 amide bonds. The summed E-state index contributed by atoms with van der Waals surface area (Å²) in [5.74, 6) is 0.601. The monoisotopic (exact) mass is 514 g/mol. The Hall–Kier alpha value is -1.40. The largest absolute Gasteiger partial charge is 0.352 e. The molecule has 2 unspecified atom stereocenters. The number of nitrogens with one attached hydrogen (secondary N) is 1. The van der Waals surface area contributed by atoms with Crippen molar-refractivity contribution in [3.63, 3.8) is 0 Å². The summed E-state index contributed by atoms with van der Waals surface area (Å²) in [6, 6.07) is 12.2. The van der Waals surface area contributed by atoms with Crippen molar-refractivity contribution in [1.82, 2.24) is 10.2 Å². The highest BCUT2D eigenvalue weighted by Crippen LogP contribution is 2.27. The maximum atomic E-state index is 13.3. The van der Waals surface area contributed by atoms with Crippen LogP contribution in [-0.2, 0) is 21.9 Å². The molecule has 32 heavy (non-hydrogen) atoms. The van der Waals surface area contributed by atoms with Crippen molar-refractivity contribution >= 4 is 58.4 Å². The van der Waals surface area contributed by atoms with Crippen LogP contribution in [-0.4, -0.2) is 34.6 Å². The van der Waals surface area contributed by atoms with Gasteiger partial charge in [0.2, 0.25) is 11.8 Å². The van der Waals surface area contributed by atoms with Crippen LogP contribution >= 0.6 is 46.6 Å². The molecule has 4 nitrogen and oxygen atoms in total. The van der Waals surface area contributed by atoms with Crippen molar-refractivity contribution < 1.29 is 9.59 Å². The highest BCUT2D eigenvalue weighted by Gasteiger charge is 2.30. The Kier molecular flexibility index (Phi) is 11.2. The quantitative estimate of drug-likeness (QED) is 0.367. The summed E-state index contributed by atoms with van der Waals surface area (Å²) in [7, 11) is 0. The molecule has 2 aromatic carbocycles. The summed E-state index contributed by atoms with van der Waals surface area (Å²) in [5, 5.41) is 4.62. The van der Waals surface area contributed by atoms with Crippen LogP contribution in [0.2, 0.25) is 15.1 Å². The summed E-state index contributed by atoms with van der Waals surface area (Å²) in [4.78, 5) is 27.9. The van der Waals surface area contributed by atoms with Crippen LogP contribution in [0.5, 0.6) is 0 Å². The Bertz CT molecular complexity index is 888. The lowest BCUT2D eigenvalue weighted by Crippen LogP contribution is -2.51. The van der Waals surface area contributed by atoms with Crippen molar-refractivity contribution in [3.05, 3.63) is 68.7 Å². The van der Waals surface area contributed by atoms with Gasteiger partial charge in [-0.1, -0.05) is 66.8 Å². The van der Waals surface area contributed by atoms with E-state index in [9.17, 15) is 9.59 Å². The highest BCUT2D eigenvalue weighted by atomic mass is 35.5. The average Bonchev–Trinajstić information content (AvgIpc) is 2.76. The van der Waals surface area contributed by atoms with E-state index >= 15 is 0 Å². The van der Waals surface area contributed by atoms with E-state index in [1.165, 1.54) is 11.8 Å². The van der Waals surface area contributed by atoms with Gasteiger partial charge in [-0.25, -0.2) is 0 Å². The van der Waals surface area contributed by atoms with Crippen molar-refractivity contribution in [2.45, 2.75) is 58.0 Å². The standard InChI is InChI=1S/C24H29Cl3N2O2S/c1-4-16(3)28-24(31)22(5-2)29(13-19-20(26)7-6-8-21(19)27)23(30)15-32-14-17-9-11-18(25)12-10-17/h6-12,16,22H,4-5,13-15H2,1-3H3,(H,28,31). The fourth-order valence-electron chi connectivity index (χ4n) is 3.13. The predicted octanol–water partition coefficient (Wildman–Crippen LogP) is 6.60. The smallest absolute Gasteiger partial charge is 0.243 e. The van der Waals surface area contributed by atoms with Gasteiger partial charge in [-0.2, -0.15) is 0 Å². The van der Waals surface area contributed by atoms with E-state index in [1.54, 1.807) is 23.1 Å². The molecule has 0 spiro atoms. The van der Waals surface area contributed by atoms with Gasteiger partial charge in [0.15, 0.2) is 0 Å². The molecule has 2 rings (SSSR count). The van der Waals surface area contributed by atoms with Crippen LogP contribution in [0.1, 0.15) is 44.7 Å². The minimum Gasteiger partial charge on any atom is -0.352 e. The van der Waals surface area contributed by atoms with Crippen LogP contribution in [0.3, 0.4) is 0 Å². The Morgan fingerprint density at radius 2 is 1.62 bits per heavy atom. The molecule has 0 aliphatic carbocycles. The van der Waals surface area contributed by atoms with Crippen molar-refractivity contribution in [2.75, 3.05) is 5.75 Å². The minimum atomic E-state index is -0.611. The van der Waals surface area contributed by atoms with Crippen LogP contribution < -0.4 is 5.32 Å². The molecule has 2 atom stereocenters. The molecule has 0 aromatic heterocycles. The summed E-state index contributed by atoms with van der Waals surface area (Å²) in [6.45, 7) is 6.02. The van der Waals surface area contributed by atoms with Gasteiger partial charge < -0.3 is 10.2 Å². The predicted molar refractivity (Wildman–Crippen MR) is 137 cm³/mol. The number of halogens is 3. The maximum Gasteiger partial charge on any atom is 0.243 e. The third kappa shape index (κ3) is 7.87. The minimum absolute atomic E-state index is 0.0247. The number of benzene rings is 2. The van der Waals surface area contributed by atoms with Gasteiger partial charge in [0.1, 0.15) is 6.04 Å². The zero-order valence-electron chi connectivity index (χ0n) is 18.5. The molecule has 2 aromatic rings. The zero-order valence-corrected chi connectivity index (χ0v) is 21.6. The number of nitrogens with zero attached hydrogens (tertiary/aromatic N) is 1. The second-order valence-electron chi connectivity index (χ2n) is 7.58. The van der Waals surface area contributed by atoms with Gasteiger partial charge >= 0.3 is 0 Å². The van der Waals surface area contributed by atoms with Crippen LogP contribution in [0.25, 0.3) is 0 Å². The number of thioether (sulfide) groups is 1.